The number of nitrogens with zero attached hydrogens (tertiary/aromatic N) is 1. The molecule has 0 spiro atoms. The summed E-state index contributed by atoms with van der Waals surface area (Å²) >= 11 is 0. The highest BCUT2D eigenvalue weighted by atomic mass is 32.2. The minimum absolute atomic E-state index is 0.350. The first-order chi connectivity index (χ1) is 15.8. The van der Waals surface area contributed by atoms with Crippen LogP contribution in [0.15, 0.2) is 72.8 Å². The summed E-state index contributed by atoms with van der Waals surface area (Å²) in [5.74, 6) is 1.86. The Labute approximate surface area is 192 Å². The van der Waals surface area contributed by atoms with Gasteiger partial charge in [-0.1, -0.05) is 18.2 Å². The number of para-hydroxylation sites is 1. The lowest BCUT2D eigenvalue weighted by Crippen LogP contribution is -2.45. The van der Waals surface area contributed by atoms with Crippen molar-refractivity contribution >= 4 is 27.3 Å². The Bertz CT molecular complexity index is 1230. The van der Waals surface area contributed by atoms with Gasteiger partial charge in [-0.05, 0) is 55.5 Å². The van der Waals surface area contributed by atoms with Gasteiger partial charge in [-0.25, -0.2) is 8.42 Å². The van der Waals surface area contributed by atoms with Crippen molar-refractivity contribution in [2.45, 2.75) is 13.0 Å². The van der Waals surface area contributed by atoms with Crippen molar-refractivity contribution in [1.29, 1.82) is 0 Å². The highest BCUT2D eigenvalue weighted by Crippen LogP contribution is 2.33. The molecular formula is C24H24N2O6S. The van der Waals surface area contributed by atoms with Crippen LogP contribution in [0.25, 0.3) is 0 Å². The van der Waals surface area contributed by atoms with Gasteiger partial charge in [-0.15, -0.1) is 0 Å². The van der Waals surface area contributed by atoms with Crippen LogP contribution in [0, 0.1) is 0 Å². The van der Waals surface area contributed by atoms with E-state index in [-0.39, 0.29) is 0 Å². The highest BCUT2D eigenvalue weighted by Gasteiger charge is 2.29. The molecular weight excluding hydrogens is 444 g/mol. The largest absolute Gasteiger partial charge is 0.486 e. The van der Waals surface area contributed by atoms with Gasteiger partial charge in [0.2, 0.25) is 15.9 Å². The SMILES string of the molecule is CC(C(=O)Nc1ccc2c(c1)OCCO2)N(c1ccc(Oc2ccccc2)cc1)S(C)(=O)=O. The second-order valence-electron chi connectivity index (χ2n) is 7.49. The number of ether oxygens (including phenoxy) is 3. The molecule has 172 valence electrons. The Morgan fingerprint density at radius 2 is 1.58 bits per heavy atom. The minimum Gasteiger partial charge on any atom is -0.486 e. The fourth-order valence-electron chi connectivity index (χ4n) is 3.46. The molecule has 3 aromatic carbocycles. The van der Waals surface area contributed by atoms with E-state index in [0.29, 0.717) is 47.6 Å². The summed E-state index contributed by atoms with van der Waals surface area (Å²) in [5, 5.41) is 2.75. The second-order valence-corrected chi connectivity index (χ2v) is 9.35. The summed E-state index contributed by atoms with van der Waals surface area (Å²) in [4.78, 5) is 12.9. The van der Waals surface area contributed by atoms with Crippen LogP contribution >= 0.6 is 0 Å². The lowest BCUT2D eigenvalue weighted by atomic mass is 10.2. The smallest absolute Gasteiger partial charge is 0.247 e. The molecule has 9 heteroatoms. The van der Waals surface area contributed by atoms with Crippen LogP contribution in [0.2, 0.25) is 0 Å². The van der Waals surface area contributed by atoms with Gasteiger partial charge in [0.1, 0.15) is 30.8 Å². The summed E-state index contributed by atoms with van der Waals surface area (Å²) in [6.45, 7) is 2.42. The van der Waals surface area contributed by atoms with Crippen LogP contribution in [-0.4, -0.2) is 39.8 Å². The zero-order valence-corrected chi connectivity index (χ0v) is 19.0. The van der Waals surface area contributed by atoms with E-state index in [2.05, 4.69) is 5.32 Å². The van der Waals surface area contributed by atoms with Gasteiger partial charge < -0.3 is 19.5 Å². The molecule has 1 amide bonds. The van der Waals surface area contributed by atoms with Gasteiger partial charge in [-0.2, -0.15) is 0 Å². The van der Waals surface area contributed by atoms with Gasteiger partial charge >= 0.3 is 0 Å². The van der Waals surface area contributed by atoms with Crippen LogP contribution in [0.4, 0.5) is 11.4 Å². The van der Waals surface area contributed by atoms with Gasteiger partial charge in [0.15, 0.2) is 11.5 Å². The number of sulfonamides is 1. The number of carbonyl (C=O) groups excluding carboxylic acids is 1. The molecule has 1 atom stereocenters. The van der Waals surface area contributed by atoms with E-state index in [1.807, 2.05) is 30.3 Å². The van der Waals surface area contributed by atoms with E-state index >= 15 is 0 Å². The standard InChI is InChI=1S/C24H24N2O6S/c1-17(24(27)25-18-8-13-22-23(16-18)31-15-14-30-22)26(33(2,28)29)19-9-11-21(12-10-19)32-20-6-4-3-5-7-20/h3-13,16-17H,14-15H2,1-2H3,(H,25,27). The first-order valence-corrected chi connectivity index (χ1v) is 12.2. The van der Waals surface area contributed by atoms with Crippen molar-refractivity contribution in [3.05, 3.63) is 72.8 Å². The Balaban J connectivity index is 1.51. The van der Waals surface area contributed by atoms with Crippen molar-refractivity contribution in [2.75, 3.05) is 29.1 Å². The number of hydrogen-bond acceptors (Lipinski definition) is 6. The number of fused-ring (bicyclic) bond motifs is 1. The molecule has 33 heavy (non-hydrogen) atoms. The molecule has 0 saturated heterocycles. The van der Waals surface area contributed by atoms with Crippen LogP contribution in [-0.2, 0) is 14.8 Å². The number of anilines is 2. The molecule has 3 aromatic rings. The Morgan fingerprint density at radius 3 is 2.24 bits per heavy atom. The molecule has 0 fully saturated rings. The normalized spacial score (nSPS) is 13.6. The molecule has 0 aromatic heterocycles. The predicted octanol–water partition coefficient (Wildman–Crippen LogP) is 4.04. The van der Waals surface area contributed by atoms with Gasteiger partial charge in [0, 0.05) is 11.8 Å². The third-order valence-electron chi connectivity index (χ3n) is 4.97. The van der Waals surface area contributed by atoms with Crippen LogP contribution < -0.4 is 23.8 Å². The molecule has 0 aliphatic carbocycles. The molecule has 1 N–H and O–H groups in total. The van der Waals surface area contributed by atoms with E-state index in [1.165, 1.54) is 6.92 Å². The zero-order valence-electron chi connectivity index (χ0n) is 18.2. The van der Waals surface area contributed by atoms with Gasteiger partial charge in [-0.3, -0.25) is 9.10 Å². The minimum atomic E-state index is -3.75. The molecule has 8 nitrogen and oxygen atoms in total. The van der Waals surface area contributed by atoms with E-state index < -0.39 is 22.0 Å². The zero-order chi connectivity index (χ0) is 23.4. The van der Waals surface area contributed by atoms with Gasteiger partial charge in [0.05, 0.1) is 11.9 Å². The summed E-state index contributed by atoms with van der Waals surface area (Å²) < 4.78 is 43.0. The Morgan fingerprint density at radius 1 is 0.939 bits per heavy atom. The molecule has 0 saturated carbocycles. The molecule has 1 unspecified atom stereocenters. The first kappa shape index (κ1) is 22.5. The molecule has 4 rings (SSSR count). The summed E-state index contributed by atoms with van der Waals surface area (Å²) in [5.41, 5.74) is 0.832. The maximum absolute atomic E-state index is 12.9. The maximum atomic E-state index is 12.9. The predicted molar refractivity (Wildman–Crippen MR) is 126 cm³/mol. The average Bonchev–Trinajstić information content (AvgIpc) is 2.80. The first-order valence-electron chi connectivity index (χ1n) is 10.3. The maximum Gasteiger partial charge on any atom is 0.247 e. The Kier molecular flexibility index (Phi) is 6.41. The van der Waals surface area contributed by atoms with E-state index in [1.54, 1.807) is 42.5 Å². The van der Waals surface area contributed by atoms with Crippen molar-refractivity contribution in [3.63, 3.8) is 0 Å². The van der Waals surface area contributed by atoms with E-state index in [4.69, 9.17) is 14.2 Å². The molecule has 0 radical (unpaired) electrons. The van der Waals surface area contributed by atoms with E-state index in [9.17, 15) is 13.2 Å². The summed E-state index contributed by atoms with van der Waals surface area (Å²) in [6, 6.07) is 19.8. The van der Waals surface area contributed by atoms with Crippen molar-refractivity contribution in [2.24, 2.45) is 0 Å². The third-order valence-corrected chi connectivity index (χ3v) is 6.21. The summed E-state index contributed by atoms with van der Waals surface area (Å²) in [7, 11) is -3.75. The molecule has 1 aliphatic rings. The van der Waals surface area contributed by atoms with Crippen LogP contribution in [0.1, 0.15) is 6.92 Å². The summed E-state index contributed by atoms with van der Waals surface area (Å²) in [6.07, 6.45) is 1.06. The third kappa shape index (κ3) is 5.38. The van der Waals surface area contributed by atoms with Gasteiger partial charge in [0.25, 0.3) is 0 Å². The number of carbonyl (C=O) groups is 1. The number of benzene rings is 3. The monoisotopic (exact) mass is 468 g/mol. The van der Waals surface area contributed by atoms with Crippen molar-refractivity contribution in [1.82, 2.24) is 0 Å². The van der Waals surface area contributed by atoms with Crippen LogP contribution in [0.5, 0.6) is 23.0 Å². The topological polar surface area (TPSA) is 94.2 Å². The number of nitrogens with one attached hydrogen (secondary N) is 1. The molecule has 0 bridgehead atoms. The van der Waals surface area contributed by atoms with Crippen LogP contribution in [0.3, 0.4) is 0 Å². The molecule has 1 aliphatic heterocycles. The van der Waals surface area contributed by atoms with Crippen molar-refractivity contribution < 1.29 is 27.4 Å². The number of rotatable bonds is 7. The number of amides is 1. The quantitative estimate of drug-likeness (QED) is 0.562. The van der Waals surface area contributed by atoms with Crippen molar-refractivity contribution in [3.8, 4) is 23.0 Å². The fraction of sp³-hybridized carbons (Fsp3) is 0.208. The fourth-order valence-corrected chi connectivity index (χ4v) is 4.64. The van der Waals surface area contributed by atoms with E-state index in [0.717, 1.165) is 10.6 Å². The lowest BCUT2D eigenvalue weighted by molar-refractivity contribution is -0.116. The average molecular weight is 469 g/mol. The highest BCUT2D eigenvalue weighted by molar-refractivity contribution is 7.92. The Hall–Kier alpha value is -3.72. The lowest BCUT2D eigenvalue weighted by Gasteiger charge is -2.28. The molecule has 1 heterocycles. The second kappa shape index (κ2) is 9.41. The number of hydrogen-bond donors (Lipinski definition) is 1.